The summed E-state index contributed by atoms with van der Waals surface area (Å²) in [6.45, 7) is 4.64. The van der Waals surface area contributed by atoms with Crippen LogP contribution in [0.4, 0.5) is 5.13 Å². The van der Waals surface area contributed by atoms with E-state index in [1.807, 2.05) is 0 Å². The molecule has 0 unspecified atom stereocenters. The van der Waals surface area contributed by atoms with Crippen molar-refractivity contribution < 1.29 is 22.7 Å². The monoisotopic (exact) mass is 334 g/mol. The molecule has 0 spiro atoms. The van der Waals surface area contributed by atoms with E-state index < -0.39 is 26.5 Å². The van der Waals surface area contributed by atoms with E-state index in [4.69, 9.17) is 4.74 Å². The van der Waals surface area contributed by atoms with Gasteiger partial charge in [-0.05, 0) is 20.8 Å². The number of sulfone groups is 1. The zero-order chi connectivity index (χ0) is 16.3. The lowest BCUT2D eigenvalue weighted by molar-refractivity contribution is -0.142. The Balaban J connectivity index is 2.75. The summed E-state index contributed by atoms with van der Waals surface area (Å²) in [5.41, 5.74) is 0.464. The normalized spacial score (nSPS) is 12.0. The van der Waals surface area contributed by atoms with Gasteiger partial charge in [0.1, 0.15) is 4.75 Å². The molecule has 0 bridgehead atoms. The maximum atomic E-state index is 12.0. The van der Waals surface area contributed by atoms with E-state index in [1.54, 1.807) is 12.3 Å². The number of hydrogen-bond donors (Lipinski definition) is 1. The number of esters is 1. The largest absolute Gasteiger partial charge is 0.466 e. The summed E-state index contributed by atoms with van der Waals surface area (Å²) in [5, 5.41) is 4.31. The van der Waals surface area contributed by atoms with Crippen molar-refractivity contribution in [2.45, 2.75) is 31.9 Å². The average Bonchev–Trinajstić information content (AvgIpc) is 2.75. The lowest BCUT2D eigenvalue weighted by Gasteiger charge is -2.20. The Hall–Kier alpha value is -1.48. The van der Waals surface area contributed by atoms with Gasteiger partial charge in [0, 0.05) is 11.6 Å². The zero-order valence-electron chi connectivity index (χ0n) is 12.3. The molecule has 0 aromatic carbocycles. The zero-order valence-corrected chi connectivity index (χ0v) is 13.9. The number of nitrogens with one attached hydrogen (secondary N) is 1. The van der Waals surface area contributed by atoms with E-state index in [9.17, 15) is 18.0 Å². The lowest BCUT2D eigenvalue weighted by Crippen LogP contribution is -2.43. The first-order chi connectivity index (χ1) is 9.57. The van der Waals surface area contributed by atoms with Gasteiger partial charge in [-0.1, -0.05) is 0 Å². The average molecular weight is 334 g/mol. The van der Waals surface area contributed by atoms with E-state index in [0.717, 1.165) is 17.6 Å². The molecule has 0 radical (unpaired) electrons. The van der Waals surface area contributed by atoms with E-state index in [2.05, 4.69) is 10.3 Å². The molecule has 1 amide bonds. The van der Waals surface area contributed by atoms with Gasteiger partial charge < -0.3 is 10.1 Å². The van der Waals surface area contributed by atoms with Gasteiger partial charge in [0.05, 0.1) is 18.7 Å². The maximum Gasteiger partial charge on any atom is 0.311 e. The van der Waals surface area contributed by atoms with Gasteiger partial charge in [0.25, 0.3) is 0 Å². The van der Waals surface area contributed by atoms with Gasteiger partial charge in [0.15, 0.2) is 15.0 Å². The quantitative estimate of drug-likeness (QED) is 0.779. The van der Waals surface area contributed by atoms with Crippen molar-refractivity contribution in [2.75, 3.05) is 18.2 Å². The Morgan fingerprint density at radius 3 is 2.57 bits per heavy atom. The van der Waals surface area contributed by atoms with Crippen LogP contribution in [0.5, 0.6) is 0 Å². The minimum Gasteiger partial charge on any atom is -0.466 e. The number of anilines is 1. The third-order valence-electron chi connectivity index (χ3n) is 2.88. The second kappa shape index (κ2) is 6.52. The van der Waals surface area contributed by atoms with Crippen molar-refractivity contribution in [3.05, 3.63) is 11.1 Å². The van der Waals surface area contributed by atoms with Gasteiger partial charge in [0.2, 0.25) is 5.91 Å². The van der Waals surface area contributed by atoms with Crippen LogP contribution < -0.4 is 5.32 Å². The highest BCUT2D eigenvalue weighted by Gasteiger charge is 2.38. The molecule has 0 atom stereocenters. The summed E-state index contributed by atoms with van der Waals surface area (Å²) >= 11 is 1.12. The summed E-state index contributed by atoms with van der Waals surface area (Å²) in [5.74, 6) is -1.07. The number of hydrogen-bond acceptors (Lipinski definition) is 7. The van der Waals surface area contributed by atoms with Crippen molar-refractivity contribution in [1.82, 2.24) is 4.98 Å². The van der Waals surface area contributed by atoms with E-state index in [-0.39, 0.29) is 18.2 Å². The van der Waals surface area contributed by atoms with Crippen LogP contribution in [0.15, 0.2) is 5.38 Å². The number of carbonyl (C=O) groups is 2. The number of aromatic nitrogens is 1. The minimum absolute atomic E-state index is 0.00960. The Labute approximate surface area is 127 Å². The fraction of sp³-hybridized carbons (Fsp3) is 0.583. The smallest absolute Gasteiger partial charge is 0.311 e. The molecule has 0 aliphatic rings. The van der Waals surface area contributed by atoms with Crippen molar-refractivity contribution >= 4 is 38.2 Å². The number of nitrogens with zero attached hydrogens (tertiary/aromatic N) is 1. The second-order valence-electron chi connectivity index (χ2n) is 4.86. The Bertz CT molecular complexity index is 634. The van der Waals surface area contributed by atoms with Crippen LogP contribution in [-0.4, -0.2) is 42.9 Å². The van der Waals surface area contributed by atoms with Gasteiger partial charge in [-0.2, -0.15) is 0 Å². The number of ether oxygens (including phenoxy) is 1. The first-order valence-electron chi connectivity index (χ1n) is 6.19. The summed E-state index contributed by atoms with van der Waals surface area (Å²) in [6, 6.07) is 0. The van der Waals surface area contributed by atoms with Crippen LogP contribution in [0.25, 0.3) is 0 Å². The van der Waals surface area contributed by atoms with E-state index in [0.29, 0.717) is 5.69 Å². The van der Waals surface area contributed by atoms with Gasteiger partial charge in [-0.25, -0.2) is 13.4 Å². The molecular weight excluding hydrogens is 316 g/mol. The predicted molar refractivity (Wildman–Crippen MR) is 80.0 cm³/mol. The van der Waals surface area contributed by atoms with Gasteiger partial charge in [-0.15, -0.1) is 11.3 Å². The molecule has 0 aliphatic carbocycles. The molecule has 118 valence electrons. The summed E-state index contributed by atoms with van der Waals surface area (Å²) < 4.78 is 26.4. The molecule has 0 aliphatic heterocycles. The highest BCUT2D eigenvalue weighted by molar-refractivity contribution is 7.92. The third kappa shape index (κ3) is 4.50. The molecule has 1 N–H and O–H groups in total. The van der Waals surface area contributed by atoms with E-state index in [1.165, 1.54) is 13.8 Å². The Kier molecular flexibility index (Phi) is 5.46. The molecule has 1 aromatic rings. The number of thiazole rings is 1. The topological polar surface area (TPSA) is 102 Å². The molecule has 9 heteroatoms. The summed E-state index contributed by atoms with van der Waals surface area (Å²) in [6.07, 6.45) is 1.01. The van der Waals surface area contributed by atoms with Crippen molar-refractivity contribution in [1.29, 1.82) is 0 Å². The molecule has 0 saturated heterocycles. The van der Waals surface area contributed by atoms with Crippen molar-refractivity contribution in [2.24, 2.45) is 0 Å². The highest BCUT2D eigenvalue weighted by atomic mass is 32.2. The summed E-state index contributed by atoms with van der Waals surface area (Å²) in [7, 11) is -3.55. The Morgan fingerprint density at radius 2 is 2.05 bits per heavy atom. The van der Waals surface area contributed by atoms with Crippen LogP contribution in [0.2, 0.25) is 0 Å². The van der Waals surface area contributed by atoms with Crippen LogP contribution in [-0.2, 0) is 30.6 Å². The number of rotatable bonds is 6. The van der Waals surface area contributed by atoms with Gasteiger partial charge in [-0.3, -0.25) is 9.59 Å². The van der Waals surface area contributed by atoms with Crippen LogP contribution in [0, 0.1) is 0 Å². The lowest BCUT2D eigenvalue weighted by atomic mass is 10.2. The van der Waals surface area contributed by atoms with Crippen LogP contribution in [0.1, 0.15) is 26.5 Å². The molecule has 1 aromatic heterocycles. The number of carbonyl (C=O) groups excluding carboxylic acids is 2. The van der Waals surface area contributed by atoms with Gasteiger partial charge >= 0.3 is 5.97 Å². The summed E-state index contributed by atoms with van der Waals surface area (Å²) in [4.78, 5) is 27.4. The molecule has 21 heavy (non-hydrogen) atoms. The van der Waals surface area contributed by atoms with Crippen molar-refractivity contribution in [3.63, 3.8) is 0 Å². The van der Waals surface area contributed by atoms with Crippen LogP contribution >= 0.6 is 11.3 Å². The molecular formula is C12H18N2O5S2. The molecule has 1 heterocycles. The maximum absolute atomic E-state index is 12.0. The molecule has 7 nitrogen and oxygen atoms in total. The molecule has 0 saturated carbocycles. The predicted octanol–water partition coefficient (Wildman–Crippen LogP) is 1.01. The SMILES string of the molecule is CCOC(=O)Cc1csc(NC(=O)C(C)(C)S(C)(=O)=O)n1. The second-order valence-corrected chi connectivity index (χ2v) is 8.29. The van der Waals surface area contributed by atoms with Crippen molar-refractivity contribution in [3.8, 4) is 0 Å². The number of amides is 1. The third-order valence-corrected chi connectivity index (χ3v) is 5.72. The van der Waals surface area contributed by atoms with Crippen LogP contribution in [0.3, 0.4) is 0 Å². The Morgan fingerprint density at radius 1 is 1.43 bits per heavy atom. The first kappa shape index (κ1) is 17.6. The molecule has 0 fully saturated rings. The first-order valence-corrected chi connectivity index (χ1v) is 8.96. The standard InChI is InChI=1S/C12H18N2O5S2/c1-5-19-9(15)6-8-7-20-11(13-8)14-10(16)12(2,3)21(4,17)18/h7H,5-6H2,1-4H3,(H,13,14,16). The fourth-order valence-corrected chi connectivity index (χ4v) is 2.31. The van der Waals surface area contributed by atoms with E-state index >= 15 is 0 Å². The fourth-order valence-electron chi connectivity index (χ4n) is 1.22. The minimum atomic E-state index is -3.55. The highest BCUT2D eigenvalue weighted by Crippen LogP contribution is 2.21. The molecule has 1 rings (SSSR count).